The standard InChI is InChI=1S/C26H26ClF3N4O3/c1-34(2)14-13-32-25(36)23-16-20(11-12-31-23)37-19-7-3-17(4-8-19)5-10-24(35)33-18-6-9-22(27)21(15-18)26(28,29)30/h3-4,6-9,11-12,15-16H,5,10,13-14H2,1-2H3,(H,32,36)(H,33,35). The van der Waals surface area contributed by atoms with Crippen LogP contribution in [0.5, 0.6) is 11.5 Å². The van der Waals surface area contributed by atoms with Gasteiger partial charge in [0.1, 0.15) is 17.2 Å². The molecule has 3 aromatic rings. The number of alkyl halides is 3. The van der Waals surface area contributed by atoms with Crippen LogP contribution in [-0.2, 0) is 17.4 Å². The number of rotatable bonds is 10. The number of nitrogens with zero attached hydrogens (tertiary/aromatic N) is 2. The minimum atomic E-state index is -4.61. The number of ether oxygens (including phenoxy) is 1. The van der Waals surface area contributed by atoms with Gasteiger partial charge in [-0.05, 0) is 62.5 Å². The number of anilines is 1. The normalized spacial score (nSPS) is 11.3. The van der Waals surface area contributed by atoms with Crippen molar-refractivity contribution < 1.29 is 27.5 Å². The molecule has 2 amide bonds. The van der Waals surface area contributed by atoms with Gasteiger partial charge in [0, 0.05) is 37.5 Å². The van der Waals surface area contributed by atoms with E-state index in [9.17, 15) is 22.8 Å². The maximum absolute atomic E-state index is 13.0. The van der Waals surface area contributed by atoms with Crippen LogP contribution in [0.4, 0.5) is 18.9 Å². The van der Waals surface area contributed by atoms with E-state index in [0.29, 0.717) is 31.0 Å². The molecule has 0 atom stereocenters. The van der Waals surface area contributed by atoms with Gasteiger partial charge in [0.25, 0.3) is 5.91 Å². The van der Waals surface area contributed by atoms with Crippen LogP contribution < -0.4 is 15.4 Å². The summed E-state index contributed by atoms with van der Waals surface area (Å²) >= 11 is 5.61. The van der Waals surface area contributed by atoms with Gasteiger partial charge in [-0.25, -0.2) is 0 Å². The smallest absolute Gasteiger partial charge is 0.417 e. The molecule has 1 aromatic heterocycles. The van der Waals surface area contributed by atoms with E-state index in [0.717, 1.165) is 17.7 Å². The average Bonchev–Trinajstić information content (AvgIpc) is 2.84. The fourth-order valence-electron chi connectivity index (χ4n) is 3.24. The lowest BCUT2D eigenvalue weighted by molar-refractivity contribution is -0.137. The average molecular weight is 535 g/mol. The maximum atomic E-state index is 13.0. The highest BCUT2D eigenvalue weighted by atomic mass is 35.5. The van der Waals surface area contributed by atoms with Crippen LogP contribution in [0.1, 0.15) is 28.0 Å². The van der Waals surface area contributed by atoms with E-state index >= 15 is 0 Å². The molecule has 0 fully saturated rings. The quantitative estimate of drug-likeness (QED) is 0.363. The van der Waals surface area contributed by atoms with Gasteiger partial charge in [-0.3, -0.25) is 14.6 Å². The molecule has 0 aliphatic carbocycles. The fourth-order valence-corrected chi connectivity index (χ4v) is 3.47. The maximum Gasteiger partial charge on any atom is 0.417 e. The van der Waals surface area contributed by atoms with Crippen molar-refractivity contribution in [3.63, 3.8) is 0 Å². The van der Waals surface area contributed by atoms with Crippen LogP contribution in [0.3, 0.4) is 0 Å². The third-order valence-corrected chi connectivity index (χ3v) is 5.49. The summed E-state index contributed by atoms with van der Waals surface area (Å²) in [7, 11) is 3.83. The third-order valence-electron chi connectivity index (χ3n) is 5.16. The molecule has 0 bridgehead atoms. The Balaban J connectivity index is 1.52. The lowest BCUT2D eigenvalue weighted by Crippen LogP contribution is -2.31. The molecule has 0 radical (unpaired) electrons. The second-order valence-electron chi connectivity index (χ2n) is 8.42. The summed E-state index contributed by atoms with van der Waals surface area (Å²) in [5.41, 5.74) is 0.0922. The second kappa shape index (κ2) is 12.6. The molecule has 2 N–H and O–H groups in total. The summed E-state index contributed by atoms with van der Waals surface area (Å²) in [5.74, 6) is 0.249. The molecule has 2 aromatic carbocycles. The van der Waals surface area contributed by atoms with Gasteiger partial charge in [-0.1, -0.05) is 23.7 Å². The zero-order chi connectivity index (χ0) is 27.0. The van der Waals surface area contributed by atoms with E-state index in [1.807, 2.05) is 19.0 Å². The first kappa shape index (κ1) is 27.9. The Morgan fingerprint density at radius 2 is 1.76 bits per heavy atom. The van der Waals surface area contributed by atoms with Gasteiger partial charge in [0.2, 0.25) is 5.91 Å². The molecule has 0 saturated heterocycles. The number of hydrogen-bond acceptors (Lipinski definition) is 5. The Morgan fingerprint density at radius 1 is 1.03 bits per heavy atom. The molecule has 0 unspecified atom stereocenters. The highest BCUT2D eigenvalue weighted by Gasteiger charge is 2.33. The lowest BCUT2D eigenvalue weighted by atomic mass is 10.1. The van der Waals surface area contributed by atoms with Crippen molar-refractivity contribution >= 4 is 29.1 Å². The summed E-state index contributed by atoms with van der Waals surface area (Å²) in [6, 6.07) is 13.4. The first-order chi connectivity index (χ1) is 17.5. The zero-order valence-corrected chi connectivity index (χ0v) is 21.0. The molecule has 0 aliphatic heterocycles. The molecule has 0 spiro atoms. The predicted molar refractivity (Wildman–Crippen MR) is 135 cm³/mol. The Kier molecular flexibility index (Phi) is 9.48. The van der Waals surface area contributed by atoms with E-state index < -0.39 is 22.7 Å². The molecular formula is C26H26ClF3N4O3. The minimum Gasteiger partial charge on any atom is -0.457 e. The predicted octanol–water partition coefficient (Wildman–Crippen LogP) is 5.41. The van der Waals surface area contributed by atoms with Gasteiger partial charge < -0.3 is 20.3 Å². The van der Waals surface area contributed by atoms with Crippen LogP contribution in [0.25, 0.3) is 0 Å². The number of carbonyl (C=O) groups excluding carboxylic acids is 2. The number of benzene rings is 2. The summed E-state index contributed by atoms with van der Waals surface area (Å²) in [6.45, 7) is 1.20. The molecule has 7 nitrogen and oxygen atoms in total. The topological polar surface area (TPSA) is 83.6 Å². The number of halogens is 4. The van der Waals surface area contributed by atoms with Gasteiger partial charge in [0.05, 0.1) is 10.6 Å². The molecule has 196 valence electrons. The highest BCUT2D eigenvalue weighted by Crippen LogP contribution is 2.36. The van der Waals surface area contributed by atoms with Crippen molar-refractivity contribution in [2.24, 2.45) is 0 Å². The van der Waals surface area contributed by atoms with Crippen molar-refractivity contribution in [1.82, 2.24) is 15.2 Å². The zero-order valence-electron chi connectivity index (χ0n) is 20.2. The summed E-state index contributed by atoms with van der Waals surface area (Å²) in [4.78, 5) is 30.5. The Labute approximate surface area is 217 Å². The molecule has 3 rings (SSSR count). The van der Waals surface area contributed by atoms with Gasteiger partial charge in [-0.2, -0.15) is 13.2 Å². The van der Waals surface area contributed by atoms with Crippen molar-refractivity contribution in [2.45, 2.75) is 19.0 Å². The molecule has 0 aliphatic rings. The van der Waals surface area contributed by atoms with E-state index in [1.165, 1.54) is 12.3 Å². The van der Waals surface area contributed by atoms with Crippen molar-refractivity contribution in [3.8, 4) is 11.5 Å². The number of aromatic nitrogens is 1. The molecule has 0 saturated carbocycles. The van der Waals surface area contributed by atoms with Gasteiger partial charge in [-0.15, -0.1) is 0 Å². The molecule has 11 heteroatoms. The molecular weight excluding hydrogens is 509 g/mol. The highest BCUT2D eigenvalue weighted by molar-refractivity contribution is 6.31. The van der Waals surface area contributed by atoms with Crippen LogP contribution in [0.15, 0.2) is 60.8 Å². The Bertz CT molecular complexity index is 1230. The molecule has 37 heavy (non-hydrogen) atoms. The summed E-state index contributed by atoms with van der Waals surface area (Å²) < 4.78 is 44.8. The summed E-state index contributed by atoms with van der Waals surface area (Å²) in [6.07, 6.45) is -2.68. The largest absolute Gasteiger partial charge is 0.457 e. The lowest BCUT2D eigenvalue weighted by Gasteiger charge is -2.12. The Hall–Kier alpha value is -3.63. The first-order valence-electron chi connectivity index (χ1n) is 11.3. The summed E-state index contributed by atoms with van der Waals surface area (Å²) in [5, 5.41) is 4.83. The monoisotopic (exact) mass is 534 g/mol. The Morgan fingerprint density at radius 3 is 2.43 bits per heavy atom. The second-order valence-corrected chi connectivity index (χ2v) is 8.83. The van der Waals surface area contributed by atoms with Gasteiger partial charge >= 0.3 is 6.18 Å². The number of pyridine rings is 1. The molecule has 1 heterocycles. The van der Waals surface area contributed by atoms with Crippen LogP contribution in [0.2, 0.25) is 5.02 Å². The van der Waals surface area contributed by atoms with Crippen molar-refractivity contribution in [1.29, 1.82) is 0 Å². The number of nitrogens with one attached hydrogen (secondary N) is 2. The number of hydrogen-bond donors (Lipinski definition) is 2. The van der Waals surface area contributed by atoms with Crippen molar-refractivity contribution in [3.05, 3.63) is 82.6 Å². The minimum absolute atomic E-state index is 0.0218. The van der Waals surface area contributed by atoms with Crippen LogP contribution >= 0.6 is 11.6 Å². The van der Waals surface area contributed by atoms with E-state index in [4.69, 9.17) is 16.3 Å². The van der Waals surface area contributed by atoms with E-state index in [-0.39, 0.29) is 23.7 Å². The van der Waals surface area contributed by atoms with E-state index in [2.05, 4.69) is 15.6 Å². The number of aryl methyl sites for hydroxylation is 1. The number of amides is 2. The van der Waals surface area contributed by atoms with E-state index in [1.54, 1.807) is 36.4 Å². The first-order valence-corrected chi connectivity index (χ1v) is 11.7. The van der Waals surface area contributed by atoms with Crippen molar-refractivity contribution in [2.75, 3.05) is 32.5 Å². The fraction of sp³-hybridized carbons (Fsp3) is 0.269. The SMILES string of the molecule is CN(C)CCNC(=O)c1cc(Oc2ccc(CCC(=O)Nc3ccc(Cl)c(C(F)(F)F)c3)cc2)ccn1. The third kappa shape index (κ3) is 8.76. The number of likely N-dealkylation sites (N-methyl/N-ethyl adjacent to an activating group) is 1. The van der Waals surface area contributed by atoms with Crippen LogP contribution in [-0.4, -0.2) is 48.9 Å². The number of carbonyl (C=O) groups is 2. The van der Waals surface area contributed by atoms with Crippen LogP contribution in [0, 0.1) is 0 Å². The van der Waals surface area contributed by atoms with Gasteiger partial charge in [0.15, 0.2) is 0 Å².